The van der Waals surface area contributed by atoms with Crippen LogP contribution in [0.25, 0.3) is 0 Å². The van der Waals surface area contributed by atoms with Crippen LogP contribution in [0.15, 0.2) is 10.7 Å². The molecule has 2 amide bonds. The number of carbonyl (C=O) groups excluding carboxylic acids is 1. The summed E-state index contributed by atoms with van der Waals surface area (Å²) in [5.74, 6) is 1.29. The lowest BCUT2D eigenvalue weighted by Crippen LogP contribution is -2.41. The monoisotopic (exact) mass is 372 g/mol. The van der Waals surface area contributed by atoms with E-state index in [9.17, 15) is 18.0 Å². The Morgan fingerprint density at radius 3 is 2.88 bits per heavy atom. The van der Waals surface area contributed by atoms with E-state index < -0.39 is 11.9 Å². The molecule has 1 aliphatic rings. The minimum Gasteiger partial charge on any atom is -0.337 e. The first kappa shape index (κ1) is 18.2. The van der Waals surface area contributed by atoms with Crippen LogP contribution in [-0.2, 0) is 25.7 Å². The normalized spacial score (nSPS) is 17.0. The molecule has 1 unspecified atom stereocenters. The van der Waals surface area contributed by atoms with Crippen molar-refractivity contribution in [2.24, 2.45) is 5.92 Å². The van der Waals surface area contributed by atoms with Gasteiger partial charge in [0.25, 0.3) is 0 Å². The third kappa shape index (κ3) is 4.14. The van der Waals surface area contributed by atoms with Gasteiger partial charge in [0.1, 0.15) is 5.82 Å². The van der Waals surface area contributed by atoms with E-state index in [2.05, 4.69) is 20.4 Å². The van der Waals surface area contributed by atoms with Crippen molar-refractivity contribution in [1.29, 1.82) is 0 Å². The average Bonchev–Trinajstić information content (AvgIpc) is 3.17. The van der Waals surface area contributed by atoms with Crippen LogP contribution in [0.1, 0.15) is 29.7 Å². The van der Waals surface area contributed by atoms with Gasteiger partial charge in [-0.25, -0.2) is 9.78 Å². The fourth-order valence-electron chi connectivity index (χ4n) is 2.97. The Balaban J connectivity index is 1.52. The van der Waals surface area contributed by atoms with Gasteiger partial charge in [0.2, 0.25) is 5.89 Å². The third-order valence-electron chi connectivity index (χ3n) is 4.22. The third-order valence-corrected chi connectivity index (χ3v) is 4.22. The van der Waals surface area contributed by atoms with Gasteiger partial charge in [-0.1, -0.05) is 5.16 Å². The van der Waals surface area contributed by atoms with Crippen LogP contribution in [0.5, 0.6) is 0 Å². The summed E-state index contributed by atoms with van der Waals surface area (Å²) >= 11 is 0. The highest BCUT2D eigenvalue weighted by Crippen LogP contribution is 2.30. The Kier molecular flexibility index (Phi) is 4.88. The predicted octanol–water partition coefficient (Wildman–Crippen LogP) is 2.00. The SMILES string of the molecule is Cc1noc(CNC(=O)N(C)CC2CCc3nc(C(F)(F)F)cn3C2)n1. The van der Waals surface area contributed by atoms with Crippen LogP contribution >= 0.6 is 0 Å². The van der Waals surface area contributed by atoms with E-state index in [1.54, 1.807) is 14.0 Å². The molecule has 3 heterocycles. The molecule has 8 nitrogen and oxygen atoms in total. The molecule has 2 aromatic rings. The summed E-state index contributed by atoms with van der Waals surface area (Å²) < 4.78 is 44.7. The van der Waals surface area contributed by atoms with Gasteiger partial charge in [-0.15, -0.1) is 0 Å². The lowest BCUT2D eigenvalue weighted by molar-refractivity contribution is -0.141. The van der Waals surface area contributed by atoms with Crippen molar-refractivity contribution >= 4 is 6.03 Å². The van der Waals surface area contributed by atoms with Crippen molar-refractivity contribution in [3.8, 4) is 0 Å². The molecule has 0 spiro atoms. The van der Waals surface area contributed by atoms with Gasteiger partial charge in [-0.2, -0.15) is 18.2 Å². The number of aromatic nitrogens is 4. The number of carbonyl (C=O) groups is 1. The summed E-state index contributed by atoms with van der Waals surface area (Å²) in [4.78, 5) is 21.3. The number of nitrogens with zero attached hydrogens (tertiary/aromatic N) is 5. The van der Waals surface area contributed by atoms with Crippen molar-refractivity contribution in [2.45, 2.75) is 39.0 Å². The lowest BCUT2D eigenvalue weighted by Gasteiger charge is -2.28. The summed E-state index contributed by atoms with van der Waals surface area (Å²) in [6.45, 7) is 2.63. The maximum Gasteiger partial charge on any atom is 0.434 e. The van der Waals surface area contributed by atoms with Crippen LogP contribution in [0.2, 0.25) is 0 Å². The van der Waals surface area contributed by atoms with E-state index in [-0.39, 0.29) is 18.5 Å². The number of rotatable bonds is 4. The fraction of sp³-hybridized carbons (Fsp3) is 0.600. The fourth-order valence-corrected chi connectivity index (χ4v) is 2.97. The molecule has 0 radical (unpaired) electrons. The molecule has 1 atom stereocenters. The quantitative estimate of drug-likeness (QED) is 0.887. The van der Waals surface area contributed by atoms with E-state index in [1.165, 1.54) is 9.47 Å². The van der Waals surface area contributed by atoms with E-state index in [0.717, 1.165) is 6.20 Å². The van der Waals surface area contributed by atoms with Gasteiger partial charge >= 0.3 is 12.2 Å². The van der Waals surface area contributed by atoms with Crippen molar-refractivity contribution in [1.82, 2.24) is 29.9 Å². The number of imidazole rings is 1. The molecule has 1 aliphatic heterocycles. The van der Waals surface area contributed by atoms with Gasteiger partial charge < -0.3 is 19.3 Å². The van der Waals surface area contributed by atoms with Gasteiger partial charge in [-0.3, -0.25) is 0 Å². The van der Waals surface area contributed by atoms with Gasteiger partial charge in [-0.05, 0) is 19.3 Å². The Morgan fingerprint density at radius 2 is 2.23 bits per heavy atom. The second-order valence-corrected chi connectivity index (χ2v) is 6.37. The number of fused-ring (bicyclic) bond motifs is 1. The molecule has 0 fully saturated rings. The zero-order chi connectivity index (χ0) is 18.9. The Bertz CT molecular complexity index is 785. The standard InChI is InChI=1S/C15H19F3N6O2/c1-9-20-13(26-22-9)5-19-14(25)23(2)6-10-3-4-12-21-11(15(16,17)18)8-24(12)7-10/h8,10H,3-7H2,1-2H3,(H,19,25). The van der Waals surface area contributed by atoms with Gasteiger partial charge in [0.15, 0.2) is 11.5 Å². The second-order valence-electron chi connectivity index (χ2n) is 6.37. The first-order valence-electron chi connectivity index (χ1n) is 8.13. The molecule has 1 N–H and O–H groups in total. The van der Waals surface area contributed by atoms with Crippen LogP contribution in [0, 0.1) is 12.8 Å². The molecule has 0 saturated carbocycles. The van der Waals surface area contributed by atoms with Crippen molar-refractivity contribution < 1.29 is 22.5 Å². The maximum atomic E-state index is 12.8. The molecular formula is C15H19F3N6O2. The number of hydrogen-bond acceptors (Lipinski definition) is 5. The highest BCUT2D eigenvalue weighted by Gasteiger charge is 2.36. The average molecular weight is 372 g/mol. The Labute approximate surface area is 147 Å². The minimum atomic E-state index is -4.44. The molecule has 11 heteroatoms. The van der Waals surface area contributed by atoms with Gasteiger partial charge in [0.05, 0.1) is 6.54 Å². The second kappa shape index (κ2) is 6.96. The highest BCUT2D eigenvalue weighted by atomic mass is 19.4. The Hall–Kier alpha value is -2.59. The number of amides is 2. The molecule has 0 aliphatic carbocycles. The lowest BCUT2D eigenvalue weighted by atomic mass is 9.99. The molecule has 3 rings (SSSR count). The Morgan fingerprint density at radius 1 is 1.46 bits per heavy atom. The van der Waals surface area contributed by atoms with Crippen LogP contribution in [-0.4, -0.2) is 44.2 Å². The first-order valence-corrected chi connectivity index (χ1v) is 8.13. The number of hydrogen-bond donors (Lipinski definition) is 1. The van der Waals surface area contributed by atoms with Crippen molar-refractivity contribution in [3.05, 3.63) is 29.4 Å². The molecule has 2 aromatic heterocycles. The number of alkyl halides is 3. The summed E-state index contributed by atoms with van der Waals surface area (Å²) in [7, 11) is 1.64. The zero-order valence-electron chi connectivity index (χ0n) is 14.4. The number of halogens is 3. The molecule has 26 heavy (non-hydrogen) atoms. The summed E-state index contributed by atoms with van der Waals surface area (Å²) in [6.07, 6.45) is -2.27. The summed E-state index contributed by atoms with van der Waals surface area (Å²) in [5.41, 5.74) is -0.867. The van der Waals surface area contributed by atoms with E-state index in [4.69, 9.17) is 4.52 Å². The molecule has 0 aromatic carbocycles. The topological polar surface area (TPSA) is 89.1 Å². The largest absolute Gasteiger partial charge is 0.434 e. The molecule has 0 bridgehead atoms. The first-order chi connectivity index (χ1) is 12.2. The predicted molar refractivity (Wildman–Crippen MR) is 82.9 cm³/mol. The number of nitrogens with one attached hydrogen (secondary N) is 1. The van der Waals surface area contributed by atoms with Crippen LogP contribution in [0.4, 0.5) is 18.0 Å². The molecule has 0 saturated heterocycles. The smallest absolute Gasteiger partial charge is 0.337 e. The maximum absolute atomic E-state index is 12.8. The van der Waals surface area contributed by atoms with Crippen LogP contribution in [0.3, 0.4) is 0 Å². The molecular weight excluding hydrogens is 353 g/mol. The van der Waals surface area contributed by atoms with Crippen LogP contribution < -0.4 is 5.32 Å². The van der Waals surface area contributed by atoms with Crippen molar-refractivity contribution in [2.75, 3.05) is 13.6 Å². The summed E-state index contributed by atoms with van der Waals surface area (Å²) in [5, 5.41) is 6.30. The zero-order valence-corrected chi connectivity index (χ0v) is 14.4. The van der Waals surface area contributed by atoms with Crippen molar-refractivity contribution in [3.63, 3.8) is 0 Å². The molecule has 142 valence electrons. The minimum absolute atomic E-state index is 0.0548. The summed E-state index contributed by atoms with van der Waals surface area (Å²) in [6, 6.07) is -0.312. The number of aryl methyl sites for hydroxylation is 2. The van der Waals surface area contributed by atoms with E-state index in [0.29, 0.717) is 43.5 Å². The van der Waals surface area contributed by atoms with E-state index >= 15 is 0 Å². The number of urea groups is 1. The van der Waals surface area contributed by atoms with E-state index in [1.807, 2.05) is 0 Å². The highest BCUT2D eigenvalue weighted by molar-refractivity contribution is 5.73. The van der Waals surface area contributed by atoms with Gasteiger partial charge in [0, 0.05) is 32.8 Å².